The quantitative estimate of drug-likeness (QED) is 0.404. The normalized spacial score (nSPS) is 22.4. The highest BCUT2D eigenvalue weighted by Crippen LogP contribution is 2.34. The summed E-state index contributed by atoms with van der Waals surface area (Å²) in [5.74, 6) is 4.50. The van der Waals surface area contributed by atoms with Gasteiger partial charge >= 0.3 is 5.97 Å². The summed E-state index contributed by atoms with van der Waals surface area (Å²) in [6.07, 6.45) is 1.03. The number of benzene rings is 2. The Bertz CT molecular complexity index is 943. The van der Waals surface area contributed by atoms with Crippen molar-refractivity contribution in [1.82, 2.24) is 4.90 Å². The summed E-state index contributed by atoms with van der Waals surface area (Å²) in [7, 11) is 1.75. The molecule has 0 aromatic heterocycles. The first-order valence-electron chi connectivity index (χ1n) is 10.9. The molecule has 1 amide bonds. The van der Waals surface area contributed by atoms with Crippen LogP contribution in [0.4, 0.5) is 0 Å². The van der Waals surface area contributed by atoms with Crippen LogP contribution in [-0.4, -0.2) is 29.9 Å². The lowest BCUT2D eigenvalue weighted by Gasteiger charge is -2.29. The molecule has 2 aromatic carbocycles. The van der Waals surface area contributed by atoms with Crippen LogP contribution in [0.5, 0.6) is 0 Å². The van der Waals surface area contributed by atoms with E-state index in [1.165, 1.54) is 5.56 Å². The average Bonchev–Trinajstić information content (AvgIpc) is 2.86. The second-order valence-electron chi connectivity index (χ2n) is 8.51. The highest BCUT2D eigenvalue weighted by atomic mass is 16.5. The molecule has 1 aliphatic heterocycles. The summed E-state index contributed by atoms with van der Waals surface area (Å²) in [6.45, 7) is 5.92. The van der Waals surface area contributed by atoms with Crippen LogP contribution in [0.25, 0.3) is 0 Å². The highest BCUT2D eigenvalue weighted by Gasteiger charge is 2.45. The van der Waals surface area contributed by atoms with Gasteiger partial charge in [-0.15, -0.1) is 5.92 Å². The molecule has 2 aromatic rings. The number of carbonyl (C=O) groups is 2. The van der Waals surface area contributed by atoms with E-state index in [1.807, 2.05) is 69.3 Å². The third-order valence-corrected chi connectivity index (χ3v) is 6.02. The zero-order valence-corrected chi connectivity index (χ0v) is 18.7. The summed E-state index contributed by atoms with van der Waals surface area (Å²) < 4.78 is 5.90. The van der Waals surface area contributed by atoms with Gasteiger partial charge in [0.1, 0.15) is 12.0 Å². The van der Waals surface area contributed by atoms with Crippen LogP contribution in [0.2, 0.25) is 0 Å². The van der Waals surface area contributed by atoms with Crippen LogP contribution < -0.4 is 0 Å². The maximum absolute atomic E-state index is 13.3. The molecule has 0 aliphatic carbocycles. The first kappa shape index (κ1) is 22.6. The van der Waals surface area contributed by atoms with Gasteiger partial charge in [-0.2, -0.15) is 0 Å². The van der Waals surface area contributed by atoms with Crippen molar-refractivity contribution in [1.29, 1.82) is 0 Å². The van der Waals surface area contributed by atoms with Crippen molar-refractivity contribution in [3.63, 3.8) is 0 Å². The molecule has 1 heterocycles. The second kappa shape index (κ2) is 10.3. The minimum absolute atomic E-state index is 0.0442. The number of esters is 1. The zero-order valence-electron chi connectivity index (χ0n) is 18.7. The molecule has 1 saturated heterocycles. The highest BCUT2D eigenvalue weighted by molar-refractivity contribution is 5.99. The molecular weight excluding hydrogens is 386 g/mol. The Hall–Kier alpha value is -3.06. The summed E-state index contributed by atoms with van der Waals surface area (Å²) in [5, 5.41) is 0. The first-order valence-corrected chi connectivity index (χ1v) is 10.9. The van der Waals surface area contributed by atoms with Gasteiger partial charge in [-0.25, -0.2) is 0 Å². The summed E-state index contributed by atoms with van der Waals surface area (Å²) >= 11 is 0. The van der Waals surface area contributed by atoms with Crippen molar-refractivity contribution in [3.8, 4) is 11.8 Å². The number of carbonyl (C=O) groups excluding carboxylic acids is 2. The predicted molar refractivity (Wildman–Crippen MR) is 122 cm³/mol. The average molecular weight is 418 g/mol. The number of rotatable bonds is 5. The predicted octanol–water partition coefficient (Wildman–Crippen LogP) is 4.66. The minimum Gasteiger partial charge on any atom is -0.455 e. The lowest BCUT2D eigenvalue weighted by molar-refractivity contribution is -0.157. The van der Waals surface area contributed by atoms with Crippen LogP contribution in [0, 0.1) is 29.6 Å². The van der Waals surface area contributed by atoms with E-state index < -0.39 is 18.0 Å². The third kappa shape index (κ3) is 5.35. The van der Waals surface area contributed by atoms with Gasteiger partial charge in [0.2, 0.25) is 5.91 Å². The molecule has 4 nitrogen and oxygen atoms in total. The van der Waals surface area contributed by atoms with Crippen molar-refractivity contribution >= 4 is 11.9 Å². The fourth-order valence-electron chi connectivity index (χ4n) is 3.99. The summed E-state index contributed by atoms with van der Waals surface area (Å²) in [4.78, 5) is 28.1. The van der Waals surface area contributed by atoms with E-state index in [0.29, 0.717) is 6.42 Å². The molecule has 0 N–H and O–H groups in total. The molecule has 1 unspecified atom stereocenters. The number of aryl methyl sites for hydroxylation is 1. The Morgan fingerprint density at radius 1 is 1.00 bits per heavy atom. The van der Waals surface area contributed by atoms with Gasteiger partial charge in [-0.1, -0.05) is 80.4 Å². The van der Waals surface area contributed by atoms with E-state index in [-0.39, 0.29) is 23.8 Å². The van der Waals surface area contributed by atoms with Gasteiger partial charge in [0, 0.05) is 19.4 Å². The number of nitrogens with zero attached hydrogens (tertiary/aromatic N) is 1. The molecule has 0 radical (unpaired) electrons. The minimum atomic E-state index is -0.912. The van der Waals surface area contributed by atoms with Crippen LogP contribution >= 0.6 is 0 Å². The molecule has 3 rings (SSSR count). The topological polar surface area (TPSA) is 46.6 Å². The molecular formula is C27H31NO3. The summed E-state index contributed by atoms with van der Waals surface area (Å²) in [6, 6.07) is 19.5. The molecule has 4 atom stereocenters. The Morgan fingerprint density at radius 3 is 2.23 bits per heavy atom. The van der Waals surface area contributed by atoms with Crippen molar-refractivity contribution in [2.75, 3.05) is 7.05 Å². The SMILES string of the molecule is CC(C)[C@@H](C#CCCc1ccccc1)C1C(=O)O[C@H](c2ccccc2)[C@H](C)N(C)C1=O. The Balaban J connectivity index is 1.82. The molecule has 1 fully saturated rings. The lowest BCUT2D eigenvalue weighted by Crippen LogP contribution is -2.43. The van der Waals surface area contributed by atoms with Crippen molar-refractivity contribution in [3.05, 3.63) is 71.8 Å². The summed E-state index contributed by atoms with van der Waals surface area (Å²) in [5.41, 5.74) is 2.11. The maximum Gasteiger partial charge on any atom is 0.320 e. The van der Waals surface area contributed by atoms with Crippen LogP contribution in [-0.2, 0) is 20.7 Å². The Morgan fingerprint density at radius 2 is 1.61 bits per heavy atom. The molecule has 4 heteroatoms. The van der Waals surface area contributed by atoms with Gasteiger partial charge in [0.15, 0.2) is 0 Å². The van der Waals surface area contributed by atoms with Gasteiger partial charge in [-0.3, -0.25) is 9.59 Å². The fourth-order valence-corrected chi connectivity index (χ4v) is 3.99. The van der Waals surface area contributed by atoms with Gasteiger partial charge < -0.3 is 9.64 Å². The van der Waals surface area contributed by atoms with E-state index in [4.69, 9.17) is 4.74 Å². The molecule has 1 aliphatic rings. The van der Waals surface area contributed by atoms with Crippen LogP contribution in [0.15, 0.2) is 60.7 Å². The molecule has 0 saturated carbocycles. The van der Waals surface area contributed by atoms with E-state index in [2.05, 4.69) is 24.0 Å². The smallest absolute Gasteiger partial charge is 0.320 e. The zero-order chi connectivity index (χ0) is 22.4. The third-order valence-electron chi connectivity index (χ3n) is 6.02. The molecule has 0 bridgehead atoms. The standard InChI is InChI=1S/C27H31NO3/c1-19(2)23(18-12-11-15-21-13-7-5-8-14-21)24-26(29)28(4)20(3)25(31-27(24)30)22-16-9-6-10-17-22/h5-10,13-14,16-17,19-20,23-25H,11,15H2,1-4H3/t20-,23+,24?,25-/m0/s1. The van der Waals surface area contributed by atoms with Crippen molar-refractivity contribution in [2.45, 2.75) is 45.8 Å². The van der Waals surface area contributed by atoms with Crippen LogP contribution in [0.3, 0.4) is 0 Å². The number of cyclic esters (lactones) is 1. The van der Waals surface area contributed by atoms with E-state index in [1.54, 1.807) is 11.9 Å². The van der Waals surface area contributed by atoms with Gasteiger partial charge in [-0.05, 0) is 30.4 Å². The largest absolute Gasteiger partial charge is 0.455 e. The lowest BCUT2D eigenvalue weighted by atomic mass is 9.82. The first-order chi connectivity index (χ1) is 14.9. The van der Waals surface area contributed by atoms with E-state index in [0.717, 1.165) is 12.0 Å². The monoisotopic (exact) mass is 417 g/mol. The number of hydrogen-bond donors (Lipinski definition) is 0. The number of ether oxygens (including phenoxy) is 1. The number of hydrogen-bond acceptors (Lipinski definition) is 3. The maximum atomic E-state index is 13.3. The fraction of sp³-hybridized carbons (Fsp3) is 0.407. The van der Waals surface area contributed by atoms with Crippen molar-refractivity contribution in [2.24, 2.45) is 17.8 Å². The van der Waals surface area contributed by atoms with E-state index >= 15 is 0 Å². The number of amides is 1. The van der Waals surface area contributed by atoms with Crippen LogP contribution in [0.1, 0.15) is 44.4 Å². The Kier molecular flexibility index (Phi) is 7.52. The molecule has 0 spiro atoms. The van der Waals surface area contributed by atoms with Gasteiger partial charge in [0.05, 0.1) is 6.04 Å². The van der Waals surface area contributed by atoms with Gasteiger partial charge in [0.25, 0.3) is 0 Å². The number of likely N-dealkylation sites (N-methyl/N-ethyl adjacent to an activating group) is 1. The Labute approximate surface area is 185 Å². The van der Waals surface area contributed by atoms with Crippen molar-refractivity contribution < 1.29 is 14.3 Å². The second-order valence-corrected chi connectivity index (χ2v) is 8.51. The molecule has 162 valence electrons. The van der Waals surface area contributed by atoms with E-state index in [9.17, 15) is 9.59 Å². The molecule has 31 heavy (non-hydrogen) atoms.